The van der Waals surface area contributed by atoms with Crippen LogP contribution in [0, 0.1) is 31.9 Å². The average Bonchev–Trinajstić information content (AvgIpc) is 2.49. The molecule has 0 aliphatic rings. The van der Waals surface area contributed by atoms with Crippen molar-refractivity contribution in [3.05, 3.63) is 61.2 Å². The maximum atomic E-state index is 12.3. The Morgan fingerprint density at radius 2 is 1.87 bits per heavy atom. The van der Waals surface area contributed by atoms with Gasteiger partial charge in [0.15, 0.2) is 0 Å². The van der Waals surface area contributed by atoms with Crippen molar-refractivity contribution in [3.63, 3.8) is 0 Å². The van der Waals surface area contributed by atoms with Crippen LogP contribution < -0.4 is 4.18 Å². The first-order valence-electron chi connectivity index (χ1n) is 6.14. The Hall–Kier alpha value is -2.19. The third kappa shape index (κ3) is 3.77. The van der Waals surface area contributed by atoms with E-state index in [0.29, 0.717) is 0 Å². The summed E-state index contributed by atoms with van der Waals surface area (Å²) in [5.74, 6) is -0.407. The highest BCUT2D eigenvalue weighted by molar-refractivity contribution is 14.1. The van der Waals surface area contributed by atoms with Crippen molar-refractivity contribution >= 4 is 38.4 Å². The number of nitro benzene ring substituents is 1. The largest absolute Gasteiger partial charge is 0.370 e. The predicted molar refractivity (Wildman–Crippen MR) is 89.5 cm³/mol. The van der Waals surface area contributed by atoms with Crippen molar-refractivity contribution < 1.29 is 17.5 Å². The third-order valence-electron chi connectivity index (χ3n) is 2.85. The fourth-order valence-electron chi connectivity index (χ4n) is 1.72. The van der Waals surface area contributed by atoms with Crippen LogP contribution in [0.25, 0.3) is 0 Å². The first-order valence-corrected chi connectivity index (χ1v) is 8.62. The highest BCUT2D eigenvalue weighted by atomic mass is 127. The van der Waals surface area contributed by atoms with E-state index >= 15 is 0 Å². The van der Waals surface area contributed by atoms with E-state index in [1.54, 1.807) is 47.7 Å². The maximum Gasteiger partial charge on any atom is 0.339 e. The molecule has 0 saturated carbocycles. The number of nitro groups is 1. The molecule has 0 unspecified atom stereocenters. The Bertz CT molecular complexity index is 917. The van der Waals surface area contributed by atoms with E-state index in [1.807, 2.05) is 0 Å². The van der Waals surface area contributed by atoms with Crippen LogP contribution in [0.2, 0.25) is 0 Å². The molecule has 118 valence electrons. The minimum atomic E-state index is -4.22. The molecule has 0 N–H and O–H groups in total. The molecule has 0 saturated heterocycles. The number of hydrogen-bond donors (Lipinski definition) is 0. The van der Waals surface area contributed by atoms with Gasteiger partial charge in [-0.1, -0.05) is 17.7 Å². The summed E-state index contributed by atoms with van der Waals surface area (Å²) in [6, 6.07) is 9.96. The van der Waals surface area contributed by atoms with Crippen molar-refractivity contribution in [2.75, 3.05) is 0 Å². The lowest BCUT2D eigenvalue weighted by Gasteiger charge is -2.09. The van der Waals surface area contributed by atoms with Crippen LogP contribution in [0.4, 0.5) is 5.69 Å². The smallest absolute Gasteiger partial charge is 0.339 e. The van der Waals surface area contributed by atoms with Gasteiger partial charge in [0.05, 0.1) is 20.1 Å². The average molecular weight is 444 g/mol. The van der Waals surface area contributed by atoms with E-state index < -0.39 is 26.5 Å². The zero-order valence-corrected chi connectivity index (χ0v) is 14.7. The summed E-state index contributed by atoms with van der Waals surface area (Å²) in [5.41, 5.74) is 0.327. The molecule has 0 spiro atoms. The maximum absolute atomic E-state index is 12.3. The van der Waals surface area contributed by atoms with Crippen LogP contribution >= 0.6 is 22.6 Å². The van der Waals surface area contributed by atoms with Crippen LogP contribution in [0.5, 0.6) is 5.75 Å². The first kappa shape index (κ1) is 17.2. The second-order valence-electron chi connectivity index (χ2n) is 4.53. The predicted octanol–water partition coefficient (Wildman–Crippen LogP) is 3.15. The minimum absolute atomic E-state index is 0.0428. The molecule has 23 heavy (non-hydrogen) atoms. The lowest BCUT2D eigenvalue weighted by atomic mass is 10.2. The summed E-state index contributed by atoms with van der Waals surface area (Å²) < 4.78 is 29.7. The molecule has 0 aromatic heterocycles. The van der Waals surface area contributed by atoms with Crippen molar-refractivity contribution in [1.29, 1.82) is 5.26 Å². The van der Waals surface area contributed by atoms with Gasteiger partial charge in [0, 0.05) is 6.07 Å². The Morgan fingerprint density at radius 1 is 1.26 bits per heavy atom. The van der Waals surface area contributed by atoms with Gasteiger partial charge in [-0.05, 0) is 47.7 Å². The zero-order chi connectivity index (χ0) is 17.2. The van der Waals surface area contributed by atoms with Gasteiger partial charge >= 0.3 is 15.8 Å². The standard InChI is InChI=1S/C14H9IN2O5S/c1-9-2-4-11(5-3-9)23(20,21)22-14-12(15)6-10(8-16)7-13(14)17(18)19/h2-7H,1H3. The molecule has 0 bridgehead atoms. The Balaban J connectivity index is 2.53. The lowest BCUT2D eigenvalue weighted by Crippen LogP contribution is -2.12. The van der Waals surface area contributed by atoms with Crippen molar-refractivity contribution in [2.24, 2.45) is 0 Å². The summed E-state index contributed by atoms with van der Waals surface area (Å²) in [6.45, 7) is 1.80. The van der Waals surface area contributed by atoms with Gasteiger partial charge in [-0.3, -0.25) is 10.1 Å². The Labute approximate surface area is 145 Å². The van der Waals surface area contributed by atoms with Crippen molar-refractivity contribution in [3.8, 4) is 11.8 Å². The molecule has 0 fully saturated rings. The summed E-state index contributed by atoms with van der Waals surface area (Å²) in [4.78, 5) is 10.2. The van der Waals surface area contributed by atoms with Gasteiger partial charge in [-0.2, -0.15) is 13.7 Å². The Kier molecular flexibility index (Phi) is 4.86. The second kappa shape index (κ2) is 6.51. The zero-order valence-electron chi connectivity index (χ0n) is 11.7. The van der Waals surface area contributed by atoms with Crippen LogP contribution in [0.3, 0.4) is 0 Å². The van der Waals surface area contributed by atoms with E-state index in [2.05, 4.69) is 0 Å². The number of nitrogens with zero attached hydrogens (tertiary/aromatic N) is 2. The minimum Gasteiger partial charge on any atom is -0.370 e. The second-order valence-corrected chi connectivity index (χ2v) is 7.23. The highest BCUT2D eigenvalue weighted by Gasteiger charge is 2.26. The Morgan fingerprint density at radius 3 is 2.39 bits per heavy atom. The molecule has 0 heterocycles. The number of nitriles is 1. The van der Waals surface area contributed by atoms with Crippen molar-refractivity contribution in [1.82, 2.24) is 0 Å². The number of hydrogen-bond acceptors (Lipinski definition) is 6. The summed E-state index contributed by atoms with van der Waals surface area (Å²) in [7, 11) is -4.22. The first-order chi connectivity index (χ1) is 10.7. The lowest BCUT2D eigenvalue weighted by molar-refractivity contribution is -0.385. The highest BCUT2D eigenvalue weighted by Crippen LogP contribution is 2.35. The van der Waals surface area contributed by atoms with Crippen LogP contribution in [0.15, 0.2) is 41.3 Å². The van der Waals surface area contributed by atoms with Gasteiger partial charge < -0.3 is 4.18 Å². The number of benzene rings is 2. The monoisotopic (exact) mass is 444 g/mol. The van der Waals surface area contributed by atoms with Gasteiger partial charge in [0.2, 0.25) is 5.75 Å². The topological polar surface area (TPSA) is 110 Å². The van der Waals surface area contributed by atoms with Crippen LogP contribution in [-0.4, -0.2) is 13.3 Å². The number of rotatable bonds is 4. The molecule has 0 amide bonds. The van der Waals surface area contributed by atoms with E-state index in [1.165, 1.54) is 18.2 Å². The molecular weight excluding hydrogens is 435 g/mol. The van der Waals surface area contributed by atoms with E-state index in [9.17, 15) is 18.5 Å². The molecular formula is C14H9IN2O5S. The van der Waals surface area contributed by atoms with Gasteiger partial charge in [-0.15, -0.1) is 0 Å². The SMILES string of the molecule is Cc1ccc(S(=O)(=O)Oc2c(I)cc(C#N)cc2[N+](=O)[O-])cc1. The molecule has 0 radical (unpaired) electrons. The molecule has 9 heteroatoms. The third-order valence-corrected chi connectivity index (χ3v) is 4.89. The molecule has 0 aliphatic carbocycles. The fourth-order valence-corrected chi connectivity index (χ4v) is 3.56. The summed E-state index contributed by atoms with van der Waals surface area (Å²) in [6.07, 6.45) is 0. The van der Waals surface area contributed by atoms with Crippen molar-refractivity contribution in [2.45, 2.75) is 11.8 Å². The number of aryl methyl sites for hydroxylation is 1. The molecule has 0 atom stereocenters. The van der Waals surface area contributed by atoms with Gasteiger partial charge in [0.1, 0.15) is 4.90 Å². The van der Waals surface area contributed by atoms with E-state index in [0.717, 1.165) is 11.6 Å². The van der Waals surface area contributed by atoms with Crippen LogP contribution in [0.1, 0.15) is 11.1 Å². The van der Waals surface area contributed by atoms with E-state index in [-0.39, 0.29) is 14.0 Å². The normalized spacial score (nSPS) is 10.8. The number of halogens is 1. The fraction of sp³-hybridized carbons (Fsp3) is 0.0714. The van der Waals surface area contributed by atoms with Gasteiger partial charge in [0.25, 0.3) is 0 Å². The summed E-state index contributed by atoms with van der Waals surface area (Å²) >= 11 is 1.69. The molecule has 7 nitrogen and oxygen atoms in total. The molecule has 2 rings (SSSR count). The molecule has 2 aromatic carbocycles. The van der Waals surface area contributed by atoms with E-state index in [4.69, 9.17) is 9.44 Å². The summed E-state index contributed by atoms with van der Waals surface area (Å²) in [5, 5.41) is 20.0. The quantitative estimate of drug-likeness (QED) is 0.310. The van der Waals surface area contributed by atoms with Gasteiger partial charge in [-0.25, -0.2) is 0 Å². The molecule has 0 aliphatic heterocycles. The van der Waals surface area contributed by atoms with Crippen LogP contribution in [-0.2, 0) is 10.1 Å². The molecule has 2 aromatic rings.